The van der Waals surface area contributed by atoms with Crippen molar-refractivity contribution in [3.05, 3.63) is 16.6 Å². The summed E-state index contributed by atoms with van der Waals surface area (Å²) in [5, 5.41) is 8.73. The maximum Gasteiger partial charge on any atom is 0.227 e. The van der Waals surface area contributed by atoms with Crippen molar-refractivity contribution in [2.24, 2.45) is 0 Å². The van der Waals surface area contributed by atoms with Crippen molar-refractivity contribution < 1.29 is 14.6 Å². The molecule has 1 saturated heterocycles. The molecule has 0 aromatic carbocycles. The molecule has 0 radical (unpaired) electrons. The summed E-state index contributed by atoms with van der Waals surface area (Å²) in [7, 11) is 0. The van der Waals surface area contributed by atoms with Gasteiger partial charge in [-0.2, -0.15) is 0 Å². The molecule has 1 amide bonds. The van der Waals surface area contributed by atoms with Gasteiger partial charge in [0.1, 0.15) is 0 Å². The molecule has 0 bridgehead atoms. The highest BCUT2D eigenvalue weighted by molar-refractivity contribution is 7.09. The number of piperidine rings is 1. The Hall–Kier alpha value is -0.980. The Kier molecular flexibility index (Phi) is 5.10. The van der Waals surface area contributed by atoms with E-state index in [1.807, 2.05) is 4.90 Å². The second-order valence-electron chi connectivity index (χ2n) is 4.34. The summed E-state index contributed by atoms with van der Waals surface area (Å²) in [6, 6.07) is 0. The number of thiazole rings is 1. The van der Waals surface area contributed by atoms with Gasteiger partial charge >= 0.3 is 0 Å². The normalized spacial score (nSPS) is 20.1. The van der Waals surface area contributed by atoms with E-state index in [9.17, 15) is 4.79 Å². The Balaban J connectivity index is 1.82. The number of ether oxygens (including phenoxy) is 1. The summed E-state index contributed by atoms with van der Waals surface area (Å²) >= 11 is 1.51. The fraction of sp³-hybridized carbons (Fsp3) is 0.667. The number of aromatic nitrogens is 1. The van der Waals surface area contributed by atoms with Crippen LogP contribution in [0.2, 0.25) is 0 Å². The fourth-order valence-electron chi connectivity index (χ4n) is 2.11. The van der Waals surface area contributed by atoms with E-state index in [1.165, 1.54) is 11.3 Å². The van der Waals surface area contributed by atoms with E-state index >= 15 is 0 Å². The van der Waals surface area contributed by atoms with Crippen LogP contribution in [0.15, 0.2) is 11.7 Å². The van der Waals surface area contributed by atoms with Crippen molar-refractivity contribution in [2.45, 2.75) is 25.4 Å². The van der Waals surface area contributed by atoms with Crippen LogP contribution >= 0.6 is 11.3 Å². The van der Waals surface area contributed by atoms with E-state index in [4.69, 9.17) is 9.84 Å². The summed E-state index contributed by atoms with van der Waals surface area (Å²) in [4.78, 5) is 18.9. The number of carbonyl (C=O) groups is 1. The standard InChI is InChI=1S/C12H18N2O3S/c15-4-5-17-10-2-1-3-14(8-10)12(16)6-11-7-13-9-18-11/h7,9-10,15H,1-6,8H2/t10-/m0/s1. The molecular weight excluding hydrogens is 252 g/mol. The molecule has 2 heterocycles. The zero-order valence-electron chi connectivity index (χ0n) is 10.2. The second kappa shape index (κ2) is 6.82. The zero-order valence-corrected chi connectivity index (χ0v) is 11.1. The molecule has 100 valence electrons. The molecule has 1 aromatic heterocycles. The molecular formula is C12H18N2O3S. The number of aliphatic hydroxyl groups is 1. The SMILES string of the molecule is O=C(Cc1cncs1)N1CCC[C@H](OCCO)C1. The summed E-state index contributed by atoms with van der Waals surface area (Å²) in [6.45, 7) is 1.82. The summed E-state index contributed by atoms with van der Waals surface area (Å²) < 4.78 is 5.49. The van der Waals surface area contributed by atoms with E-state index in [-0.39, 0.29) is 18.6 Å². The Morgan fingerprint density at radius 3 is 3.28 bits per heavy atom. The Bertz CT molecular complexity index is 369. The lowest BCUT2D eigenvalue weighted by molar-refractivity contribution is -0.134. The van der Waals surface area contributed by atoms with Gasteiger partial charge in [0, 0.05) is 24.2 Å². The highest BCUT2D eigenvalue weighted by Gasteiger charge is 2.24. The predicted molar refractivity (Wildman–Crippen MR) is 68.5 cm³/mol. The first-order valence-electron chi connectivity index (χ1n) is 6.17. The lowest BCUT2D eigenvalue weighted by atomic mass is 10.1. The molecule has 0 spiro atoms. The van der Waals surface area contributed by atoms with Gasteiger partial charge in [0.25, 0.3) is 0 Å². The first-order chi connectivity index (χ1) is 8.79. The van der Waals surface area contributed by atoms with Crippen LogP contribution in [0.1, 0.15) is 17.7 Å². The summed E-state index contributed by atoms with van der Waals surface area (Å²) in [5.74, 6) is 0.136. The Labute approximate surface area is 110 Å². The molecule has 1 aliphatic rings. The van der Waals surface area contributed by atoms with E-state index in [2.05, 4.69) is 4.98 Å². The number of aliphatic hydroxyl groups excluding tert-OH is 1. The quantitative estimate of drug-likeness (QED) is 0.855. The first kappa shape index (κ1) is 13.5. The fourth-order valence-corrected chi connectivity index (χ4v) is 2.70. The number of likely N-dealkylation sites (tertiary alicyclic amines) is 1. The third-order valence-electron chi connectivity index (χ3n) is 2.98. The van der Waals surface area contributed by atoms with Crippen LogP contribution in [0.5, 0.6) is 0 Å². The van der Waals surface area contributed by atoms with Gasteiger partial charge in [0.05, 0.1) is 31.2 Å². The lowest BCUT2D eigenvalue weighted by Crippen LogP contribution is -2.44. The maximum absolute atomic E-state index is 12.1. The third-order valence-corrected chi connectivity index (χ3v) is 3.76. The van der Waals surface area contributed by atoms with E-state index in [0.29, 0.717) is 19.6 Å². The molecule has 1 aliphatic heterocycles. The Morgan fingerprint density at radius 1 is 1.67 bits per heavy atom. The molecule has 5 nitrogen and oxygen atoms in total. The number of carbonyl (C=O) groups excluding carboxylic acids is 1. The van der Waals surface area contributed by atoms with E-state index < -0.39 is 0 Å². The predicted octanol–water partition coefficient (Wildman–Crippen LogP) is 0.685. The smallest absolute Gasteiger partial charge is 0.227 e. The molecule has 2 rings (SSSR count). The van der Waals surface area contributed by atoms with Gasteiger partial charge in [-0.3, -0.25) is 9.78 Å². The van der Waals surface area contributed by atoms with Crippen molar-refractivity contribution in [1.82, 2.24) is 9.88 Å². The van der Waals surface area contributed by atoms with Crippen molar-refractivity contribution >= 4 is 17.2 Å². The monoisotopic (exact) mass is 270 g/mol. The van der Waals surface area contributed by atoms with Crippen LogP contribution in [0.3, 0.4) is 0 Å². The highest BCUT2D eigenvalue weighted by Crippen LogP contribution is 2.15. The average Bonchev–Trinajstić information content (AvgIpc) is 2.89. The third kappa shape index (κ3) is 3.76. The van der Waals surface area contributed by atoms with Gasteiger partial charge in [-0.1, -0.05) is 0 Å². The zero-order chi connectivity index (χ0) is 12.8. The number of hydrogen-bond donors (Lipinski definition) is 1. The molecule has 1 N–H and O–H groups in total. The molecule has 1 fully saturated rings. The summed E-state index contributed by atoms with van der Waals surface area (Å²) in [5.41, 5.74) is 1.74. The van der Waals surface area contributed by atoms with Crippen LogP contribution < -0.4 is 0 Å². The van der Waals surface area contributed by atoms with Gasteiger partial charge in [-0.25, -0.2) is 0 Å². The van der Waals surface area contributed by atoms with Crippen LogP contribution in [0, 0.1) is 0 Å². The minimum Gasteiger partial charge on any atom is -0.394 e. The number of nitrogens with zero attached hydrogens (tertiary/aromatic N) is 2. The van der Waals surface area contributed by atoms with Crippen LogP contribution in [0.25, 0.3) is 0 Å². The van der Waals surface area contributed by atoms with Crippen molar-refractivity contribution in [3.63, 3.8) is 0 Å². The van der Waals surface area contributed by atoms with Gasteiger partial charge in [0.15, 0.2) is 0 Å². The molecule has 0 unspecified atom stereocenters. The average molecular weight is 270 g/mol. The highest BCUT2D eigenvalue weighted by atomic mass is 32.1. The second-order valence-corrected chi connectivity index (χ2v) is 5.31. The molecule has 18 heavy (non-hydrogen) atoms. The largest absolute Gasteiger partial charge is 0.394 e. The topological polar surface area (TPSA) is 62.7 Å². The van der Waals surface area contributed by atoms with Gasteiger partial charge in [-0.15, -0.1) is 11.3 Å². The van der Waals surface area contributed by atoms with Crippen LogP contribution in [-0.2, 0) is 16.0 Å². The molecule has 1 atom stereocenters. The van der Waals surface area contributed by atoms with Crippen molar-refractivity contribution in [1.29, 1.82) is 0 Å². The molecule has 0 saturated carbocycles. The minimum atomic E-state index is 0.0330. The van der Waals surface area contributed by atoms with Gasteiger partial charge in [-0.05, 0) is 12.8 Å². The molecule has 0 aliphatic carbocycles. The van der Waals surface area contributed by atoms with Crippen LogP contribution in [-0.4, -0.2) is 53.3 Å². The van der Waals surface area contributed by atoms with Crippen molar-refractivity contribution in [3.8, 4) is 0 Å². The Morgan fingerprint density at radius 2 is 2.56 bits per heavy atom. The maximum atomic E-state index is 12.1. The molecule has 1 aromatic rings. The van der Waals surface area contributed by atoms with E-state index in [0.717, 1.165) is 24.3 Å². The lowest BCUT2D eigenvalue weighted by Gasteiger charge is -2.32. The van der Waals surface area contributed by atoms with Gasteiger partial charge in [0.2, 0.25) is 5.91 Å². The van der Waals surface area contributed by atoms with Crippen molar-refractivity contribution in [2.75, 3.05) is 26.3 Å². The van der Waals surface area contributed by atoms with E-state index in [1.54, 1.807) is 11.7 Å². The number of hydrogen-bond acceptors (Lipinski definition) is 5. The number of amides is 1. The minimum absolute atomic E-state index is 0.0330. The molecule has 6 heteroatoms. The first-order valence-corrected chi connectivity index (χ1v) is 7.05. The van der Waals surface area contributed by atoms with Crippen LogP contribution in [0.4, 0.5) is 0 Å². The van der Waals surface area contributed by atoms with Gasteiger partial charge < -0.3 is 14.7 Å². The summed E-state index contributed by atoms with van der Waals surface area (Å²) in [6.07, 6.45) is 4.16. The number of rotatable bonds is 5.